The third-order valence-corrected chi connectivity index (χ3v) is 3.82. The first kappa shape index (κ1) is 18.7. The molecule has 0 radical (unpaired) electrons. The third-order valence-electron chi connectivity index (χ3n) is 3.51. The van der Waals surface area contributed by atoms with Gasteiger partial charge in [-0.15, -0.1) is 12.4 Å². The van der Waals surface area contributed by atoms with Crippen LogP contribution in [0.3, 0.4) is 0 Å². The van der Waals surface area contributed by atoms with E-state index in [1.165, 1.54) is 6.92 Å². The van der Waals surface area contributed by atoms with Crippen LogP contribution < -0.4 is 16.0 Å². The Hall–Kier alpha value is -1.30. The maximum absolute atomic E-state index is 11.9. The fraction of sp³-hybridized carbons (Fsp3) is 0.467. The number of carbonyl (C=O) groups is 2. The third kappa shape index (κ3) is 5.83. The first-order valence-corrected chi connectivity index (χ1v) is 7.50. The van der Waals surface area contributed by atoms with Crippen molar-refractivity contribution in [3.05, 3.63) is 23.2 Å². The lowest BCUT2D eigenvalue weighted by molar-refractivity contribution is -0.116. The molecule has 1 aliphatic heterocycles. The zero-order chi connectivity index (χ0) is 15.2. The Bertz CT molecular complexity index is 532. The van der Waals surface area contributed by atoms with E-state index in [1.807, 2.05) is 0 Å². The maximum atomic E-state index is 11.9. The van der Waals surface area contributed by atoms with Gasteiger partial charge in [-0.05, 0) is 50.0 Å². The Morgan fingerprint density at radius 3 is 2.73 bits per heavy atom. The van der Waals surface area contributed by atoms with Crippen LogP contribution >= 0.6 is 24.0 Å². The molecule has 0 bridgehead atoms. The molecule has 2 amide bonds. The Balaban J connectivity index is 0.00000242. The lowest BCUT2D eigenvalue weighted by atomic mass is 10.0. The second kappa shape index (κ2) is 8.98. The minimum absolute atomic E-state index is 0. The van der Waals surface area contributed by atoms with E-state index in [0.29, 0.717) is 28.7 Å². The Labute approximate surface area is 141 Å². The highest BCUT2D eigenvalue weighted by atomic mass is 35.5. The summed E-state index contributed by atoms with van der Waals surface area (Å²) in [5, 5.41) is 9.16. The lowest BCUT2D eigenvalue weighted by Gasteiger charge is -2.11. The Morgan fingerprint density at radius 1 is 1.36 bits per heavy atom. The van der Waals surface area contributed by atoms with Gasteiger partial charge >= 0.3 is 0 Å². The summed E-state index contributed by atoms with van der Waals surface area (Å²) < 4.78 is 0. The lowest BCUT2D eigenvalue weighted by Crippen LogP contribution is -2.15. The molecule has 3 N–H and O–H groups in total. The fourth-order valence-corrected chi connectivity index (χ4v) is 2.63. The van der Waals surface area contributed by atoms with Crippen LogP contribution in [-0.2, 0) is 9.59 Å². The van der Waals surface area contributed by atoms with Crippen molar-refractivity contribution in [2.45, 2.75) is 26.2 Å². The first-order valence-electron chi connectivity index (χ1n) is 7.12. The van der Waals surface area contributed by atoms with Gasteiger partial charge in [0.15, 0.2) is 0 Å². The van der Waals surface area contributed by atoms with Crippen molar-refractivity contribution in [1.29, 1.82) is 0 Å². The molecule has 1 aromatic carbocycles. The van der Waals surface area contributed by atoms with Crippen molar-refractivity contribution in [2.75, 3.05) is 23.7 Å². The number of halogens is 2. The van der Waals surface area contributed by atoms with Crippen LogP contribution in [0.5, 0.6) is 0 Å². The molecule has 1 atom stereocenters. The van der Waals surface area contributed by atoms with Gasteiger partial charge in [0.05, 0.1) is 10.7 Å². The summed E-state index contributed by atoms with van der Waals surface area (Å²) in [5.41, 5.74) is 1.18. The number of benzene rings is 1. The standard InChI is InChI=1S/C15H20ClN3O2.ClH/c1-10(20)18-12-3-4-14(13(16)8-12)19-15(21)5-2-11-6-7-17-9-11;/h3-4,8,11,17H,2,5-7,9H2,1H3,(H,18,20)(H,19,21);1H. The minimum atomic E-state index is -0.159. The normalized spacial score (nSPS) is 16.7. The molecule has 1 unspecified atom stereocenters. The molecule has 0 aromatic heterocycles. The fourth-order valence-electron chi connectivity index (χ4n) is 2.41. The summed E-state index contributed by atoms with van der Waals surface area (Å²) in [6, 6.07) is 5.03. The number of rotatable bonds is 5. The molecule has 1 aromatic rings. The van der Waals surface area contributed by atoms with Crippen LogP contribution in [0.15, 0.2) is 18.2 Å². The van der Waals surface area contributed by atoms with Crippen LogP contribution in [-0.4, -0.2) is 24.9 Å². The van der Waals surface area contributed by atoms with E-state index in [0.717, 1.165) is 25.9 Å². The predicted molar refractivity (Wildman–Crippen MR) is 91.8 cm³/mol. The molecular formula is C15H21Cl2N3O2. The van der Waals surface area contributed by atoms with Gasteiger partial charge in [0, 0.05) is 19.0 Å². The SMILES string of the molecule is CC(=O)Nc1ccc(NC(=O)CCC2CCNC2)c(Cl)c1.Cl. The molecule has 0 saturated carbocycles. The number of amides is 2. The molecule has 1 saturated heterocycles. The monoisotopic (exact) mass is 345 g/mol. The summed E-state index contributed by atoms with van der Waals surface area (Å²) in [4.78, 5) is 22.9. The van der Waals surface area contributed by atoms with Crippen LogP contribution in [0.2, 0.25) is 5.02 Å². The summed E-state index contributed by atoms with van der Waals surface area (Å²) in [6.45, 7) is 3.48. The summed E-state index contributed by atoms with van der Waals surface area (Å²) in [6.07, 6.45) is 2.52. The summed E-state index contributed by atoms with van der Waals surface area (Å²) in [7, 11) is 0. The van der Waals surface area contributed by atoms with Gasteiger partial charge in [0.1, 0.15) is 0 Å². The van der Waals surface area contributed by atoms with Crippen molar-refractivity contribution >= 4 is 47.2 Å². The Kier molecular flexibility index (Phi) is 7.65. The highest BCUT2D eigenvalue weighted by Crippen LogP contribution is 2.26. The van der Waals surface area contributed by atoms with Gasteiger partial charge in [-0.2, -0.15) is 0 Å². The van der Waals surface area contributed by atoms with Crippen molar-refractivity contribution < 1.29 is 9.59 Å². The van der Waals surface area contributed by atoms with Crippen molar-refractivity contribution in [3.8, 4) is 0 Å². The van der Waals surface area contributed by atoms with Gasteiger partial charge in [-0.3, -0.25) is 9.59 Å². The first-order chi connectivity index (χ1) is 10.0. The van der Waals surface area contributed by atoms with Gasteiger partial charge in [-0.1, -0.05) is 11.6 Å². The van der Waals surface area contributed by atoms with E-state index >= 15 is 0 Å². The Morgan fingerprint density at radius 2 is 2.14 bits per heavy atom. The molecular weight excluding hydrogens is 325 g/mol. The molecule has 0 spiro atoms. The number of nitrogens with one attached hydrogen (secondary N) is 3. The van der Waals surface area contributed by atoms with Crippen molar-refractivity contribution in [1.82, 2.24) is 5.32 Å². The quantitative estimate of drug-likeness (QED) is 0.767. The zero-order valence-corrected chi connectivity index (χ0v) is 14.0. The second-order valence-corrected chi connectivity index (χ2v) is 5.73. The molecule has 1 aliphatic rings. The van der Waals surface area contributed by atoms with E-state index in [-0.39, 0.29) is 24.2 Å². The van der Waals surface area contributed by atoms with E-state index in [1.54, 1.807) is 18.2 Å². The number of hydrogen-bond acceptors (Lipinski definition) is 3. The van der Waals surface area contributed by atoms with Gasteiger partial charge in [0.2, 0.25) is 11.8 Å². The molecule has 1 heterocycles. The molecule has 2 rings (SSSR count). The highest BCUT2D eigenvalue weighted by Gasteiger charge is 2.16. The van der Waals surface area contributed by atoms with E-state index < -0.39 is 0 Å². The average Bonchev–Trinajstić information content (AvgIpc) is 2.92. The van der Waals surface area contributed by atoms with Gasteiger partial charge < -0.3 is 16.0 Å². The van der Waals surface area contributed by atoms with Crippen LogP contribution in [0.1, 0.15) is 26.2 Å². The zero-order valence-electron chi connectivity index (χ0n) is 12.4. The maximum Gasteiger partial charge on any atom is 0.224 e. The molecule has 0 aliphatic carbocycles. The largest absolute Gasteiger partial charge is 0.326 e. The average molecular weight is 346 g/mol. The van der Waals surface area contributed by atoms with Gasteiger partial charge in [-0.25, -0.2) is 0 Å². The molecule has 1 fully saturated rings. The predicted octanol–water partition coefficient (Wildman–Crippen LogP) is 3.05. The topological polar surface area (TPSA) is 70.2 Å². The number of hydrogen-bond donors (Lipinski definition) is 3. The summed E-state index contributed by atoms with van der Waals surface area (Å²) >= 11 is 6.11. The van der Waals surface area contributed by atoms with E-state index in [2.05, 4.69) is 16.0 Å². The number of anilines is 2. The van der Waals surface area contributed by atoms with Gasteiger partial charge in [0.25, 0.3) is 0 Å². The molecule has 7 heteroatoms. The highest BCUT2D eigenvalue weighted by molar-refractivity contribution is 6.34. The summed E-state index contributed by atoms with van der Waals surface area (Å²) in [5.74, 6) is 0.400. The van der Waals surface area contributed by atoms with E-state index in [9.17, 15) is 9.59 Å². The van der Waals surface area contributed by atoms with Crippen LogP contribution in [0, 0.1) is 5.92 Å². The van der Waals surface area contributed by atoms with Crippen molar-refractivity contribution in [3.63, 3.8) is 0 Å². The molecule has 5 nitrogen and oxygen atoms in total. The van der Waals surface area contributed by atoms with Crippen LogP contribution in [0.25, 0.3) is 0 Å². The molecule has 22 heavy (non-hydrogen) atoms. The second-order valence-electron chi connectivity index (χ2n) is 5.32. The van der Waals surface area contributed by atoms with Crippen molar-refractivity contribution in [2.24, 2.45) is 5.92 Å². The van der Waals surface area contributed by atoms with Crippen LogP contribution in [0.4, 0.5) is 11.4 Å². The van der Waals surface area contributed by atoms with E-state index in [4.69, 9.17) is 11.6 Å². The minimum Gasteiger partial charge on any atom is -0.326 e. The number of carbonyl (C=O) groups excluding carboxylic acids is 2. The molecule has 122 valence electrons. The smallest absolute Gasteiger partial charge is 0.224 e.